The van der Waals surface area contributed by atoms with Crippen LogP contribution in [0.2, 0.25) is 0 Å². The molecule has 0 amide bonds. The van der Waals surface area contributed by atoms with Crippen LogP contribution >= 0.6 is 0 Å². The van der Waals surface area contributed by atoms with E-state index in [2.05, 4.69) is 6.92 Å². The second-order valence-corrected chi connectivity index (χ2v) is 3.06. The molecule has 0 fully saturated rings. The van der Waals surface area contributed by atoms with Gasteiger partial charge in [0, 0.05) is 0 Å². The number of unbranched alkanes of at least 4 members (excludes halogenated alkanes) is 4. The van der Waals surface area contributed by atoms with Gasteiger partial charge >= 0.3 is 0 Å². The monoisotopic (exact) mass is 159 g/mol. The first-order valence-corrected chi connectivity index (χ1v) is 4.74. The zero-order chi connectivity index (χ0) is 8.53. The molecule has 0 saturated carbocycles. The van der Waals surface area contributed by atoms with Gasteiger partial charge in [0.15, 0.2) is 0 Å². The van der Waals surface area contributed by atoms with Crippen LogP contribution in [0.4, 0.5) is 4.39 Å². The maximum absolute atomic E-state index is 12.6. The number of hydrogen-bond acceptors (Lipinski definition) is 0. The van der Waals surface area contributed by atoms with Gasteiger partial charge in [0.2, 0.25) is 0 Å². The summed E-state index contributed by atoms with van der Waals surface area (Å²) in [6.07, 6.45) is 6.54. The maximum atomic E-state index is 12.6. The largest absolute Gasteiger partial charge is 0.248 e. The first kappa shape index (κ1) is 10.9. The molecule has 1 unspecified atom stereocenters. The van der Waals surface area contributed by atoms with E-state index >= 15 is 0 Å². The van der Waals surface area contributed by atoms with Crippen LogP contribution < -0.4 is 0 Å². The van der Waals surface area contributed by atoms with E-state index in [-0.39, 0.29) is 0 Å². The summed E-state index contributed by atoms with van der Waals surface area (Å²) in [7, 11) is 0. The fourth-order valence-corrected chi connectivity index (χ4v) is 1.10. The standard InChI is InChI=1S/C10H20F/c1-3-5-6-7-8-9-10(11)4-2/h10H,1,3-9H2,2H3. The predicted molar refractivity (Wildman–Crippen MR) is 48.2 cm³/mol. The minimum absolute atomic E-state index is 0.560. The van der Waals surface area contributed by atoms with Crippen LogP contribution in [0.5, 0.6) is 0 Å². The fraction of sp³-hybridized carbons (Fsp3) is 0.900. The van der Waals surface area contributed by atoms with E-state index in [4.69, 9.17) is 0 Å². The molecule has 11 heavy (non-hydrogen) atoms. The Hall–Kier alpha value is -0.0700. The molecule has 0 aliphatic rings. The SMILES string of the molecule is [CH2]CCCCCCC(F)CC. The van der Waals surface area contributed by atoms with Crippen LogP contribution in [0.3, 0.4) is 0 Å². The summed E-state index contributed by atoms with van der Waals surface area (Å²) in [5.74, 6) is 0. The van der Waals surface area contributed by atoms with Gasteiger partial charge in [0.1, 0.15) is 0 Å². The lowest BCUT2D eigenvalue weighted by atomic mass is 10.1. The zero-order valence-electron chi connectivity index (χ0n) is 7.61. The van der Waals surface area contributed by atoms with Gasteiger partial charge in [-0.25, -0.2) is 4.39 Å². The summed E-state index contributed by atoms with van der Waals surface area (Å²) in [4.78, 5) is 0. The molecule has 0 aliphatic heterocycles. The van der Waals surface area contributed by atoms with Gasteiger partial charge in [0.05, 0.1) is 6.17 Å². The van der Waals surface area contributed by atoms with Crippen molar-refractivity contribution in [2.75, 3.05) is 0 Å². The number of halogens is 1. The molecule has 0 rings (SSSR count). The average molecular weight is 159 g/mol. The molecule has 0 bridgehead atoms. The summed E-state index contributed by atoms with van der Waals surface area (Å²) >= 11 is 0. The molecule has 1 atom stereocenters. The van der Waals surface area contributed by atoms with E-state index in [1.807, 2.05) is 6.92 Å². The Bertz CT molecular complexity index is 71.3. The first-order valence-electron chi connectivity index (χ1n) is 4.74. The Morgan fingerprint density at radius 3 is 2.36 bits per heavy atom. The minimum atomic E-state index is -0.560. The number of hydrogen-bond donors (Lipinski definition) is 0. The molecule has 0 nitrogen and oxygen atoms in total. The Morgan fingerprint density at radius 2 is 1.82 bits per heavy atom. The lowest BCUT2D eigenvalue weighted by molar-refractivity contribution is 0.296. The molecule has 0 aliphatic carbocycles. The smallest absolute Gasteiger partial charge is 0.0999 e. The van der Waals surface area contributed by atoms with E-state index in [1.54, 1.807) is 0 Å². The van der Waals surface area contributed by atoms with Crippen molar-refractivity contribution in [3.8, 4) is 0 Å². The Balaban J connectivity index is 2.89. The molecule has 0 spiro atoms. The third-order valence-corrected chi connectivity index (χ3v) is 1.96. The molecular formula is C10H20F. The van der Waals surface area contributed by atoms with Gasteiger partial charge in [-0.1, -0.05) is 46.0 Å². The molecule has 0 aromatic rings. The molecule has 1 heteroatoms. The van der Waals surface area contributed by atoms with Crippen LogP contribution in [0.1, 0.15) is 51.9 Å². The maximum Gasteiger partial charge on any atom is 0.0999 e. The Kier molecular flexibility index (Phi) is 7.98. The highest BCUT2D eigenvalue weighted by Gasteiger charge is 2.00. The van der Waals surface area contributed by atoms with Crippen molar-refractivity contribution in [3.63, 3.8) is 0 Å². The number of rotatable bonds is 7. The lowest BCUT2D eigenvalue weighted by Gasteiger charge is -2.03. The molecular weight excluding hydrogens is 139 g/mol. The normalized spacial score (nSPS) is 13.4. The van der Waals surface area contributed by atoms with Crippen molar-refractivity contribution in [1.82, 2.24) is 0 Å². The Morgan fingerprint density at radius 1 is 1.18 bits per heavy atom. The third-order valence-electron chi connectivity index (χ3n) is 1.96. The molecule has 0 N–H and O–H groups in total. The summed E-state index contributed by atoms with van der Waals surface area (Å²) in [5, 5.41) is 0. The van der Waals surface area contributed by atoms with Gasteiger partial charge < -0.3 is 0 Å². The average Bonchev–Trinajstić information content (AvgIpc) is 2.04. The second-order valence-electron chi connectivity index (χ2n) is 3.06. The van der Waals surface area contributed by atoms with Crippen LogP contribution in [0.25, 0.3) is 0 Å². The second kappa shape index (κ2) is 8.03. The molecule has 67 valence electrons. The molecule has 1 radical (unpaired) electrons. The van der Waals surface area contributed by atoms with Crippen LogP contribution in [-0.4, -0.2) is 6.17 Å². The highest BCUT2D eigenvalue weighted by Crippen LogP contribution is 2.10. The van der Waals surface area contributed by atoms with Crippen molar-refractivity contribution in [2.24, 2.45) is 0 Å². The van der Waals surface area contributed by atoms with Gasteiger partial charge in [-0.2, -0.15) is 0 Å². The molecule has 0 heterocycles. The molecule has 0 aromatic heterocycles. The van der Waals surface area contributed by atoms with E-state index < -0.39 is 6.17 Å². The van der Waals surface area contributed by atoms with Gasteiger partial charge in [-0.05, 0) is 12.8 Å². The molecule has 0 aromatic carbocycles. The van der Waals surface area contributed by atoms with Crippen LogP contribution in [0.15, 0.2) is 0 Å². The van der Waals surface area contributed by atoms with Crippen LogP contribution in [-0.2, 0) is 0 Å². The highest BCUT2D eigenvalue weighted by atomic mass is 19.1. The topological polar surface area (TPSA) is 0 Å². The van der Waals surface area contributed by atoms with Crippen LogP contribution in [0, 0.1) is 6.92 Å². The quantitative estimate of drug-likeness (QED) is 0.494. The van der Waals surface area contributed by atoms with E-state index in [9.17, 15) is 4.39 Å². The Labute approximate surface area is 70.2 Å². The predicted octanol–water partition coefficient (Wildman–Crippen LogP) is 3.91. The number of alkyl halides is 1. The van der Waals surface area contributed by atoms with Gasteiger partial charge in [-0.3, -0.25) is 0 Å². The minimum Gasteiger partial charge on any atom is -0.248 e. The van der Waals surface area contributed by atoms with E-state index in [0.717, 1.165) is 19.3 Å². The third kappa shape index (κ3) is 7.83. The van der Waals surface area contributed by atoms with Gasteiger partial charge in [0.25, 0.3) is 0 Å². The van der Waals surface area contributed by atoms with E-state index in [1.165, 1.54) is 19.3 Å². The molecule has 0 saturated heterocycles. The van der Waals surface area contributed by atoms with Crippen molar-refractivity contribution >= 4 is 0 Å². The fourth-order valence-electron chi connectivity index (χ4n) is 1.10. The van der Waals surface area contributed by atoms with Crippen molar-refractivity contribution in [3.05, 3.63) is 6.92 Å². The van der Waals surface area contributed by atoms with Crippen molar-refractivity contribution in [1.29, 1.82) is 0 Å². The van der Waals surface area contributed by atoms with Gasteiger partial charge in [-0.15, -0.1) is 0 Å². The lowest BCUT2D eigenvalue weighted by Crippen LogP contribution is -1.96. The van der Waals surface area contributed by atoms with Crippen molar-refractivity contribution < 1.29 is 4.39 Å². The first-order chi connectivity index (χ1) is 5.31. The van der Waals surface area contributed by atoms with E-state index in [0.29, 0.717) is 6.42 Å². The summed E-state index contributed by atoms with van der Waals surface area (Å²) in [5.41, 5.74) is 0. The zero-order valence-corrected chi connectivity index (χ0v) is 7.61. The highest BCUT2D eigenvalue weighted by molar-refractivity contribution is 4.53. The summed E-state index contributed by atoms with van der Waals surface area (Å²) in [6, 6.07) is 0. The summed E-state index contributed by atoms with van der Waals surface area (Å²) in [6.45, 7) is 5.66. The summed E-state index contributed by atoms with van der Waals surface area (Å²) < 4.78 is 12.6. The van der Waals surface area contributed by atoms with Crippen molar-refractivity contribution in [2.45, 2.75) is 58.0 Å².